The van der Waals surface area contributed by atoms with Gasteiger partial charge in [0.05, 0.1) is 22.9 Å². The Kier molecular flexibility index (Phi) is 5.07. The van der Waals surface area contributed by atoms with Crippen molar-refractivity contribution in [1.29, 1.82) is 0 Å². The van der Waals surface area contributed by atoms with Crippen molar-refractivity contribution >= 4 is 21.6 Å². The van der Waals surface area contributed by atoms with Crippen molar-refractivity contribution in [2.45, 2.75) is 25.4 Å². The number of carbonyl (C=O) groups excluding carboxylic acids is 1. The van der Waals surface area contributed by atoms with Gasteiger partial charge in [-0.25, -0.2) is 17.5 Å². The van der Waals surface area contributed by atoms with Crippen molar-refractivity contribution in [1.82, 2.24) is 9.78 Å². The number of carbonyl (C=O) groups is 1. The van der Waals surface area contributed by atoms with Gasteiger partial charge in [-0.3, -0.25) is 4.79 Å². The van der Waals surface area contributed by atoms with E-state index in [1.54, 1.807) is 10.7 Å². The number of rotatable bonds is 5. The first-order chi connectivity index (χ1) is 14.2. The zero-order valence-corrected chi connectivity index (χ0v) is 17.3. The van der Waals surface area contributed by atoms with Gasteiger partial charge in [0.25, 0.3) is 5.91 Å². The molecule has 4 rings (SSSR count). The number of benzene rings is 2. The van der Waals surface area contributed by atoms with Gasteiger partial charge in [0.1, 0.15) is 5.82 Å². The molecule has 0 aliphatic carbocycles. The van der Waals surface area contributed by atoms with E-state index < -0.39 is 28.2 Å². The standard InChI is InChI=1S/C21H20FN3O4S/c1-13-7-8-18(14(2)9-13)25-21(15-11-30(27,28)12-17(15)24-25)23-20(26)10-29-19-6-4-3-5-16(19)22/h3-9H,10-12H2,1-2H3,(H,23,26). The Hall–Kier alpha value is -3.20. The highest BCUT2D eigenvalue weighted by molar-refractivity contribution is 7.90. The summed E-state index contributed by atoms with van der Waals surface area (Å²) < 4.78 is 44.6. The first-order valence-corrected chi connectivity index (χ1v) is 11.1. The summed E-state index contributed by atoms with van der Waals surface area (Å²) >= 11 is 0. The number of nitrogens with zero attached hydrogens (tertiary/aromatic N) is 2. The number of nitrogens with one attached hydrogen (secondary N) is 1. The molecule has 1 aromatic heterocycles. The molecule has 1 aliphatic heterocycles. The summed E-state index contributed by atoms with van der Waals surface area (Å²) in [5.74, 6) is -1.23. The maximum atomic E-state index is 13.7. The van der Waals surface area contributed by atoms with Crippen molar-refractivity contribution in [3.8, 4) is 11.4 Å². The summed E-state index contributed by atoms with van der Waals surface area (Å²) in [6.45, 7) is 3.45. The predicted octanol–water partition coefficient (Wildman–Crippen LogP) is 3.07. The van der Waals surface area contributed by atoms with Gasteiger partial charge in [0, 0.05) is 5.56 Å². The first-order valence-electron chi connectivity index (χ1n) is 9.29. The van der Waals surface area contributed by atoms with Gasteiger partial charge in [-0.1, -0.05) is 29.8 Å². The Labute approximate surface area is 173 Å². The van der Waals surface area contributed by atoms with Crippen molar-refractivity contribution in [3.63, 3.8) is 0 Å². The van der Waals surface area contributed by atoms with Gasteiger partial charge in [-0.05, 0) is 37.6 Å². The van der Waals surface area contributed by atoms with Gasteiger partial charge >= 0.3 is 0 Å². The van der Waals surface area contributed by atoms with E-state index in [0.717, 1.165) is 16.8 Å². The van der Waals surface area contributed by atoms with Crippen LogP contribution in [0.15, 0.2) is 42.5 Å². The molecule has 0 saturated carbocycles. The second-order valence-electron chi connectivity index (χ2n) is 7.28. The predicted molar refractivity (Wildman–Crippen MR) is 110 cm³/mol. The zero-order valence-electron chi connectivity index (χ0n) is 16.5. The number of ether oxygens (including phenoxy) is 1. The maximum absolute atomic E-state index is 13.7. The highest BCUT2D eigenvalue weighted by Gasteiger charge is 2.33. The van der Waals surface area contributed by atoms with Crippen LogP contribution in [0.2, 0.25) is 0 Å². The molecule has 0 radical (unpaired) electrons. The molecule has 156 valence electrons. The lowest BCUT2D eigenvalue weighted by molar-refractivity contribution is -0.118. The van der Waals surface area contributed by atoms with E-state index >= 15 is 0 Å². The minimum atomic E-state index is -3.31. The molecule has 0 unspecified atom stereocenters. The normalized spacial score (nSPS) is 14.4. The molecule has 9 heteroatoms. The molecule has 0 saturated heterocycles. The van der Waals surface area contributed by atoms with Gasteiger partial charge in [-0.15, -0.1) is 0 Å². The van der Waals surface area contributed by atoms with Gasteiger partial charge in [0.15, 0.2) is 28.0 Å². The summed E-state index contributed by atoms with van der Waals surface area (Å²) in [7, 11) is -3.31. The van der Waals surface area contributed by atoms with Crippen molar-refractivity contribution in [3.05, 3.63) is 70.7 Å². The molecule has 0 atom stereocenters. The second-order valence-corrected chi connectivity index (χ2v) is 9.34. The quantitative estimate of drug-likeness (QED) is 0.673. The van der Waals surface area contributed by atoms with E-state index in [4.69, 9.17) is 4.74 Å². The molecule has 0 spiro atoms. The van der Waals surface area contributed by atoms with E-state index in [0.29, 0.717) is 17.1 Å². The second kappa shape index (κ2) is 7.56. The van der Waals surface area contributed by atoms with Crippen LogP contribution in [0.1, 0.15) is 22.4 Å². The lowest BCUT2D eigenvalue weighted by atomic mass is 10.1. The average molecular weight is 429 g/mol. The van der Waals surface area contributed by atoms with Crippen LogP contribution < -0.4 is 10.1 Å². The SMILES string of the molecule is Cc1ccc(-n2nc3c(c2NC(=O)COc2ccccc2F)CS(=O)(=O)C3)c(C)c1. The van der Waals surface area contributed by atoms with Crippen LogP contribution in [-0.2, 0) is 26.1 Å². The Bertz CT molecular complexity index is 1250. The van der Waals surface area contributed by atoms with Crippen molar-refractivity contribution in [2.75, 3.05) is 11.9 Å². The third kappa shape index (κ3) is 3.93. The Morgan fingerprint density at radius 2 is 1.97 bits per heavy atom. The highest BCUT2D eigenvalue weighted by atomic mass is 32.2. The summed E-state index contributed by atoms with van der Waals surface area (Å²) in [6.07, 6.45) is 0. The van der Waals surface area contributed by atoms with Gasteiger partial charge < -0.3 is 10.1 Å². The Morgan fingerprint density at radius 3 is 2.70 bits per heavy atom. The lowest BCUT2D eigenvalue weighted by Crippen LogP contribution is -2.23. The van der Waals surface area contributed by atoms with E-state index in [-0.39, 0.29) is 17.3 Å². The zero-order chi connectivity index (χ0) is 21.5. The first kappa shape index (κ1) is 20.1. The minimum absolute atomic E-state index is 0.0386. The largest absolute Gasteiger partial charge is 0.481 e. The molecule has 1 N–H and O–H groups in total. The number of fused-ring (bicyclic) bond motifs is 1. The van der Waals surface area contributed by atoms with E-state index in [2.05, 4.69) is 10.4 Å². The van der Waals surface area contributed by atoms with Crippen LogP contribution in [0.25, 0.3) is 5.69 Å². The highest BCUT2D eigenvalue weighted by Crippen LogP contribution is 2.33. The fourth-order valence-corrected chi connectivity index (χ4v) is 4.96. The maximum Gasteiger partial charge on any atom is 0.263 e. The number of sulfone groups is 1. The number of aromatic nitrogens is 2. The van der Waals surface area contributed by atoms with Crippen LogP contribution >= 0.6 is 0 Å². The molecule has 7 nitrogen and oxygen atoms in total. The molecule has 3 aromatic rings. The molecular formula is C21H20FN3O4S. The van der Waals surface area contributed by atoms with Crippen LogP contribution in [0.3, 0.4) is 0 Å². The van der Waals surface area contributed by atoms with Crippen molar-refractivity contribution < 1.29 is 22.3 Å². The van der Waals surface area contributed by atoms with Gasteiger partial charge in [-0.2, -0.15) is 5.10 Å². The summed E-state index contributed by atoms with van der Waals surface area (Å²) in [4.78, 5) is 12.5. The monoisotopic (exact) mass is 429 g/mol. The van der Waals surface area contributed by atoms with E-state index in [1.165, 1.54) is 18.2 Å². The Balaban J connectivity index is 1.64. The molecule has 1 amide bonds. The number of anilines is 1. The molecule has 0 fully saturated rings. The minimum Gasteiger partial charge on any atom is -0.481 e. The number of hydrogen-bond donors (Lipinski definition) is 1. The van der Waals surface area contributed by atoms with Crippen LogP contribution in [0.5, 0.6) is 5.75 Å². The summed E-state index contributed by atoms with van der Waals surface area (Å²) in [6, 6.07) is 11.5. The van der Waals surface area contributed by atoms with Gasteiger partial charge in [0.2, 0.25) is 0 Å². The van der Waals surface area contributed by atoms with Crippen LogP contribution in [0.4, 0.5) is 10.2 Å². The number of para-hydroxylation sites is 1. The molecule has 30 heavy (non-hydrogen) atoms. The summed E-state index contributed by atoms with van der Waals surface area (Å²) in [5.41, 5.74) is 3.62. The van der Waals surface area contributed by atoms with Crippen molar-refractivity contribution in [2.24, 2.45) is 0 Å². The number of halogens is 1. The molecule has 2 aromatic carbocycles. The average Bonchev–Trinajstić information content (AvgIpc) is 3.14. The van der Waals surface area contributed by atoms with Crippen LogP contribution in [0, 0.1) is 19.7 Å². The third-order valence-electron chi connectivity index (χ3n) is 4.82. The molecule has 2 heterocycles. The smallest absolute Gasteiger partial charge is 0.263 e. The number of aryl methyl sites for hydroxylation is 2. The molecule has 0 bridgehead atoms. The topological polar surface area (TPSA) is 90.3 Å². The Morgan fingerprint density at radius 1 is 1.20 bits per heavy atom. The third-order valence-corrected chi connectivity index (χ3v) is 6.26. The van der Waals surface area contributed by atoms with Crippen LogP contribution in [-0.4, -0.2) is 30.7 Å². The van der Waals surface area contributed by atoms with E-state index in [9.17, 15) is 17.6 Å². The number of amides is 1. The lowest BCUT2D eigenvalue weighted by Gasteiger charge is -2.14. The molecule has 1 aliphatic rings. The fourth-order valence-electron chi connectivity index (χ4n) is 3.46. The van der Waals surface area contributed by atoms with E-state index in [1.807, 2.05) is 32.0 Å². The molecular weight excluding hydrogens is 409 g/mol. The summed E-state index contributed by atoms with van der Waals surface area (Å²) in [5, 5.41) is 7.16. The number of hydrogen-bond acceptors (Lipinski definition) is 5. The fraction of sp³-hybridized carbons (Fsp3) is 0.238.